The molecule has 1 aliphatic rings. The lowest BCUT2D eigenvalue weighted by Crippen LogP contribution is -2.46. The number of hydrogen-bond acceptors (Lipinski definition) is 5. The van der Waals surface area contributed by atoms with E-state index in [2.05, 4.69) is 21.8 Å². The lowest BCUT2D eigenvalue weighted by atomic mass is 9.83. The highest BCUT2D eigenvalue weighted by molar-refractivity contribution is 5.34. The molecule has 0 aliphatic heterocycles. The summed E-state index contributed by atoms with van der Waals surface area (Å²) in [5, 5.41) is 0. The van der Waals surface area contributed by atoms with Gasteiger partial charge in [-0.05, 0) is 39.2 Å². The van der Waals surface area contributed by atoms with E-state index in [-0.39, 0.29) is 0 Å². The molecule has 0 radical (unpaired) electrons. The van der Waals surface area contributed by atoms with Crippen molar-refractivity contribution in [1.29, 1.82) is 0 Å². The van der Waals surface area contributed by atoms with E-state index in [9.17, 15) is 0 Å². The third kappa shape index (κ3) is 3.39. The fourth-order valence-corrected chi connectivity index (χ4v) is 3.10. The van der Waals surface area contributed by atoms with Crippen molar-refractivity contribution in [2.24, 2.45) is 11.7 Å². The van der Waals surface area contributed by atoms with Crippen LogP contribution in [0.25, 0.3) is 0 Å². The molecule has 5 nitrogen and oxygen atoms in total. The van der Waals surface area contributed by atoms with E-state index in [0.717, 1.165) is 19.0 Å². The second-order valence-electron chi connectivity index (χ2n) is 5.26. The van der Waals surface area contributed by atoms with Crippen molar-refractivity contribution in [3.63, 3.8) is 0 Å². The van der Waals surface area contributed by atoms with Crippen molar-refractivity contribution >= 4 is 5.95 Å². The summed E-state index contributed by atoms with van der Waals surface area (Å²) in [7, 11) is 0. The van der Waals surface area contributed by atoms with Crippen molar-refractivity contribution in [3.05, 3.63) is 12.3 Å². The summed E-state index contributed by atoms with van der Waals surface area (Å²) in [5.74, 6) is 1.96. The van der Waals surface area contributed by atoms with Gasteiger partial charge in [0.25, 0.3) is 0 Å². The number of anilines is 1. The molecule has 1 aromatic rings. The molecule has 5 heteroatoms. The number of ether oxygens (including phenoxy) is 1. The van der Waals surface area contributed by atoms with Gasteiger partial charge in [-0.25, -0.2) is 4.98 Å². The Hall–Kier alpha value is -1.36. The van der Waals surface area contributed by atoms with Crippen LogP contribution in [0.1, 0.15) is 39.5 Å². The Bertz CT molecular complexity index is 413. The molecule has 2 N–H and O–H groups in total. The van der Waals surface area contributed by atoms with Crippen LogP contribution in [-0.4, -0.2) is 35.7 Å². The lowest BCUT2D eigenvalue weighted by molar-refractivity contribution is 0.296. The summed E-state index contributed by atoms with van der Waals surface area (Å²) in [5.41, 5.74) is 5.95. The summed E-state index contributed by atoms with van der Waals surface area (Å²) in [6, 6.07) is 2.26. The molecule has 2 rings (SSSR count). The van der Waals surface area contributed by atoms with Gasteiger partial charge < -0.3 is 15.4 Å². The molecule has 1 heterocycles. The van der Waals surface area contributed by atoms with Crippen LogP contribution in [0.4, 0.5) is 5.95 Å². The predicted octanol–water partition coefficient (Wildman–Crippen LogP) is 2.22. The van der Waals surface area contributed by atoms with Gasteiger partial charge in [-0.15, -0.1) is 0 Å². The van der Waals surface area contributed by atoms with Gasteiger partial charge in [-0.2, -0.15) is 4.98 Å². The first-order valence-corrected chi connectivity index (χ1v) is 7.72. The second kappa shape index (κ2) is 7.43. The Morgan fingerprint density at radius 1 is 1.35 bits per heavy atom. The highest BCUT2D eigenvalue weighted by Gasteiger charge is 2.30. The molecule has 1 fully saturated rings. The van der Waals surface area contributed by atoms with Crippen LogP contribution in [0, 0.1) is 5.92 Å². The van der Waals surface area contributed by atoms with E-state index in [0.29, 0.717) is 24.4 Å². The highest BCUT2D eigenvalue weighted by atomic mass is 16.5. The molecule has 0 aromatic carbocycles. The molecule has 112 valence electrons. The first-order chi connectivity index (χ1) is 9.80. The molecule has 0 spiro atoms. The molecule has 2 atom stereocenters. The zero-order chi connectivity index (χ0) is 14.4. The molecule has 2 unspecified atom stereocenters. The average Bonchev–Trinajstić information content (AvgIpc) is 2.49. The Morgan fingerprint density at radius 2 is 2.15 bits per heavy atom. The van der Waals surface area contributed by atoms with Gasteiger partial charge in [0.15, 0.2) is 0 Å². The Morgan fingerprint density at radius 3 is 2.85 bits per heavy atom. The maximum Gasteiger partial charge on any atom is 0.228 e. The van der Waals surface area contributed by atoms with Gasteiger partial charge in [0.2, 0.25) is 11.8 Å². The largest absolute Gasteiger partial charge is 0.478 e. The zero-order valence-electron chi connectivity index (χ0n) is 12.6. The average molecular weight is 278 g/mol. The van der Waals surface area contributed by atoms with Crippen molar-refractivity contribution in [2.75, 3.05) is 24.6 Å². The van der Waals surface area contributed by atoms with Crippen LogP contribution in [0.3, 0.4) is 0 Å². The molecule has 0 saturated heterocycles. The second-order valence-corrected chi connectivity index (χ2v) is 5.26. The van der Waals surface area contributed by atoms with Gasteiger partial charge in [-0.3, -0.25) is 0 Å². The number of nitrogens with zero attached hydrogens (tertiary/aromatic N) is 3. The number of aromatic nitrogens is 2. The van der Waals surface area contributed by atoms with Crippen molar-refractivity contribution in [3.8, 4) is 5.88 Å². The van der Waals surface area contributed by atoms with E-state index < -0.39 is 0 Å². The standard InChI is InChI=1S/C15H26N4O/c1-3-19(13-8-6-5-7-12(13)11-16)15-17-10-9-14(18-15)20-4-2/h9-10,12-13H,3-8,11,16H2,1-2H3. The monoisotopic (exact) mass is 278 g/mol. The molecule has 0 bridgehead atoms. The van der Waals surface area contributed by atoms with Crippen LogP contribution in [-0.2, 0) is 0 Å². The Balaban J connectivity index is 2.19. The minimum atomic E-state index is 0.454. The first kappa shape index (κ1) is 15.0. The molecule has 20 heavy (non-hydrogen) atoms. The number of nitrogens with two attached hydrogens (primary N) is 1. The molecule has 1 aromatic heterocycles. The highest BCUT2D eigenvalue weighted by Crippen LogP contribution is 2.30. The Kier molecular flexibility index (Phi) is 5.59. The van der Waals surface area contributed by atoms with Crippen LogP contribution in [0.15, 0.2) is 12.3 Å². The van der Waals surface area contributed by atoms with Gasteiger partial charge in [0.05, 0.1) is 6.61 Å². The summed E-state index contributed by atoms with van der Waals surface area (Å²) < 4.78 is 5.48. The predicted molar refractivity (Wildman–Crippen MR) is 81.0 cm³/mol. The van der Waals surface area contributed by atoms with Crippen LogP contribution >= 0.6 is 0 Å². The maximum atomic E-state index is 5.95. The van der Waals surface area contributed by atoms with Gasteiger partial charge in [0.1, 0.15) is 0 Å². The third-order valence-electron chi connectivity index (χ3n) is 4.08. The summed E-state index contributed by atoms with van der Waals surface area (Å²) in [6.07, 6.45) is 6.72. The van der Waals surface area contributed by atoms with Crippen molar-refractivity contribution < 1.29 is 4.74 Å². The van der Waals surface area contributed by atoms with E-state index >= 15 is 0 Å². The maximum absolute atomic E-state index is 5.95. The van der Waals surface area contributed by atoms with E-state index in [1.54, 1.807) is 6.20 Å². The Labute approximate surface area is 121 Å². The minimum absolute atomic E-state index is 0.454. The molecule has 1 aliphatic carbocycles. The summed E-state index contributed by atoms with van der Waals surface area (Å²) >= 11 is 0. The summed E-state index contributed by atoms with van der Waals surface area (Å²) in [4.78, 5) is 11.3. The quantitative estimate of drug-likeness (QED) is 0.864. The fourth-order valence-electron chi connectivity index (χ4n) is 3.10. The normalized spacial score (nSPS) is 22.6. The van der Waals surface area contributed by atoms with E-state index in [1.807, 2.05) is 13.0 Å². The van der Waals surface area contributed by atoms with Crippen LogP contribution in [0.2, 0.25) is 0 Å². The lowest BCUT2D eigenvalue weighted by Gasteiger charge is -2.39. The topological polar surface area (TPSA) is 64.3 Å². The van der Waals surface area contributed by atoms with Crippen LogP contribution in [0.5, 0.6) is 5.88 Å². The first-order valence-electron chi connectivity index (χ1n) is 7.72. The number of rotatable bonds is 6. The van der Waals surface area contributed by atoms with Gasteiger partial charge in [-0.1, -0.05) is 12.8 Å². The SMILES string of the molecule is CCOc1ccnc(N(CC)C2CCCCC2CN)n1. The smallest absolute Gasteiger partial charge is 0.228 e. The van der Waals surface area contributed by atoms with Gasteiger partial charge >= 0.3 is 0 Å². The number of hydrogen-bond donors (Lipinski definition) is 1. The molecule has 0 amide bonds. The van der Waals surface area contributed by atoms with E-state index in [1.165, 1.54) is 25.7 Å². The summed E-state index contributed by atoms with van der Waals surface area (Å²) in [6.45, 7) is 6.38. The van der Waals surface area contributed by atoms with Crippen molar-refractivity contribution in [1.82, 2.24) is 9.97 Å². The zero-order valence-corrected chi connectivity index (χ0v) is 12.6. The van der Waals surface area contributed by atoms with Crippen molar-refractivity contribution in [2.45, 2.75) is 45.6 Å². The molecular weight excluding hydrogens is 252 g/mol. The third-order valence-corrected chi connectivity index (χ3v) is 4.08. The van der Waals surface area contributed by atoms with E-state index in [4.69, 9.17) is 10.5 Å². The van der Waals surface area contributed by atoms with Gasteiger partial charge in [0, 0.05) is 24.8 Å². The van der Waals surface area contributed by atoms with Crippen LogP contribution < -0.4 is 15.4 Å². The minimum Gasteiger partial charge on any atom is -0.478 e. The molecule has 1 saturated carbocycles. The fraction of sp³-hybridized carbons (Fsp3) is 0.733. The molecular formula is C15H26N4O.